The first-order chi connectivity index (χ1) is 15.1. The third kappa shape index (κ3) is 6.77. The summed E-state index contributed by atoms with van der Waals surface area (Å²) in [6.45, 7) is 1.81. The van der Waals surface area contributed by atoms with Crippen LogP contribution in [-0.2, 0) is 4.79 Å². The lowest BCUT2D eigenvalue weighted by Crippen LogP contribution is -2.33. The second-order valence-corrected chi connectivity index (χ2v) is 12.0. The summed E-state index contributed by atoms with van der Waals surface area (Å²) >= 11 is 0. The molecule has 0 fully saturated rings. The third-order valence-electron chi connectivity index (χ3n) is 6.14. The summed E-state index contributed by atoms with van der Waals surface area (Å²) in [6, 6.07) is 33.1. The molecule has 0 heterocycles. The van der Waals surface area contributed by atoms with Crippen LogP contribution in [0.1, 0.15) is 45.4 Å². The van der Waals surface area contributed by atoms with Crippen LogP contribution in [0.4, 0.5) is 0 Å². The average molecular weight is 514 g/mol. The smallest absolute Gasteiger partial charge is 0.306 e. The minimum Gasteiger partial charge on any atom is -0.481 e. The van der Waals surface area contributed by atoms with Gasteiger partial charge in [0.1, 0.15) is 23.2 Å². The summed E-state index contributed by atoms with van der Waals surface area (Å²) < 4.78 is 0. The molecule has 170 valence electrons. The number of aliphatic carboxylic acids is 1. The highest BCUT2D eigenvalue weighted by Gasteiger charge is 2.44. The normalized spacial score (nSPS) is 12.0. The molecule has 0 saturated heterocycles. The Morgan fingerprint density at radius 1 is 0.688 bits per heavy atom. The van der Waals surface area contributed by atoms with Crippen LogP contribution in [0.25, 0.3) is 0 Å². The highest BCUT2D eigenvalue weighted by molar-refractivity contribution is 8.93. The molecule has 3 aromatic carbocycles. The van der Waals surface area contributed by atoms with Crippen LogP contribution in [0.2, 0.25) is 0 Å². The van der Waals surface area contributed by atoms with Crippen LogP contribution >= 0.6 is 24.2 Å². The topological polar surface area (TPSA) is 37.3 Å². The Bertz CT molecular complexity index is 819. The van der Waals surface area contributed by atoms with Gasteiger partial charge in [-0.2, -0.15) is 0 Å². The lowest BCUT2D eigenvalue weighted by molar-refractivity contribution is -0.141. The van der Waals surface area contributed by atoms with Crippen molar-refractivity contribution in [1.82, 2.24) is 0 Å². The van der Waals surface area contributed by atoms with E-state index >= 15 is 0 Å². The molecule has 0 bridgehead atoms. The van der Waals surface area contributed by atoms with Crippen molar-refractivity contribution in [2.24, 2.45) is 5.92 Å². The number of carbonyl (C=O) groups is 1. The zero-order valence-electron chi connectivity index (χ0n) is 18.9. The molecule has 32 heavy (non-hydrogen) atoms. The fourth-order valence-electron chi connectivity index (χ4n) is 4.34. The molecule has 3 aromatic rings. The van der Waals surface area contributed by atoms with Gasteiger partial charge in [-0.25, -0.2) is 0 Å². The van der Waals surface area contributed by atoms with Crippen LogP contribution in [0.3, 0.4) is 0 Å². The molecule has 0 radical (unpaired) electrons. The third-order valence-corrected chi connectivity index (χ3v) is 10.7. The highest BCUT2D eigenvalue weighted by Crippen LogP contribution is 2.55. The minimum atomic E-state index is -1.72. The second-order valence-electron chi connectivity index (χ2n) is 8.34. The number of rotatable bonds is 12. The summed E-state index contributed by atoms with van der Waals surface area (Å²) in [5, 5.41) is 13.4. The highest BCUT2D eigenvalue weighted by atomic mass is 79.9. The van der Waals surface area contributed by atoms with Crippen molar-refractivity contribution in [3.63, 3.8) is 0 Å². The Morgan fingerprint density at radius 2 is 1.06 bits per heavy atom. The number of benzene rings is 3. The minimum absolute atomic E-state index is 0. The monoisotopic (exact) mass is 513 g/mol. The summed E-state index contributed by atoms with van der Waals surface area (Å²) in [4.78, 5) is 11.0. The maximum Gasteiger partial charge on any atom is 0.306 e. The van der Waals surface area contributed by atoms with Gasteiger partial charge in [0.2, 0.25) is 0 Å². The molecule has 0 aliphatic rings. The van der Waals surface area contributed by atoms with Crippen LogP contribution in [0.15, 0.2) is 91.0 Å². The Hall–Kier alpha value is -1.96. The van der Waals surface area contributed by atoms with E-state index in [4.69, 9.17) is 5.11 Å². The molecule has 0 amide bonds. The second kappa shape index (κ2) is 13.6. The van der Waals surface area contributed by atoms with Crippen LogP contribution in [0.5, 0.6) is 0 Å². The number of hydrogen-bond donors (Lipinski definition) is 1. The first kappa shape index (κ1) is 26.3. The Morgan fingerprint density at radius 3 is 1.47 bits per heavy atom. The molecule has 3 rings (SSSR count). The van der Waals surface area contributed by atoms with Crippen molar-refractivity contribution in [1.29, 1.82) is 0 Å². The van der Waals surface area contributed by atoms with Crippen LogP contribution in [-0.4, -0.2) is 17.2 Å². The predicted molar refractivity (Wildman–Crippen MR) is 145 cm³/mol. The van der Waals surface area contributed by atoms with Gasteiger partial charge in [-0.1, -0.05) is 80.8 Å². The van der Waals surface area contributed by atoms with Gasteiger partial charge in [0.15, 0.2) is 0 Å². The van der Waals surface area contributed by atoms with Crippen LogP contribution in [0, 0.1) is 5.92 Å². The first-order valence-corrected chi connectivity index (χ1v) is 13.4. The fraction of sp³-hybridized carbons (Fsp3) is 0.321. The molecule has 0 aromatic heterocycles. The number of carboxylic acids is 1. The first-order valence-electron chi connectivity index (χ1n) is 11.4. The summed E-state index contributed by atoms with van der Waals surface area (Å²) in [5.41, 5.74) is 0. The molecule has 2 nitrogen and oxygen atoms in total. The van der Waals surface area contributed by atoms with Crippen molar-refractivity contribution in [3.8, 4) is 0 Å². The molecular weight excluding hydrogens is 479 g/mol. The summed E-state index contributed by atoms with van der Waals surface area (Å²) in [5.74, 6) is -0.906. The Labute approximate surface area is 204 Å². The number of carboxylic acid groups (broad SMARTS) is 1. The quantitative estimate of drug-likeness (QED) is 0.218. The van der Waals surface area contributed by atoms with Gasteiger partial charge in [0, 0.05) is 0 Å². The predicted octanol–water partition coefficient (Wildman–Crippen LogP) is 6.62. The zero-order chi connectivity index (χ0) is 21.9. The van der Waals surface area contributed by atoms with Crippen molar-refractivity contribution in [2.75, 3.05) is 6.16 Å². The average Bonchev–Trinajstić information content (AvgIpc) is 2.82. The van der Waals surface area contributed by atoms with Gasteiger partial charge in [0.25, 0.3) is 0 Å². The van der Waals surface area contributed by atoms with Crippen molar-refractivity contribution in [2.45, 2.75) is 45.4 Å². The number of hydrogen-bond acceptors (Lipinski definition) is 1. The van der Waals surface area contributed by atoms with E-state index in [0.29, 0.717) is 0 Å². The van der Waals surface area contributed by atoms with E-state index in [9.17, 15) is 4.79 Å². The van der Waals surface area contributed by atoms with Gasteiger partial charge >= 0.3 is 5.97 Å². The van der Waals surface area contributed by atoms with E-state index in [1.165, 1.54) is 35.2 Å². The van der Waals surface area contributed by atoms with Gasteiger partial charge in [-0.15, -0.1) is 17.0 Å². The van der Waals surface area contributed by atoms with E-state index in [0.717, 1.165) is 25.4 Å². The van der Waals surface area contributed by atoms with Crippen molar-refractivity contribution in [3.05, 3.63) is 91.0 Å². The lowest BCUT2D eigenvalue weighted by Gasteiger charge is -2.27. The molecule has 1 atom stereocenters. The number of halogens is 1. The largest absolute Gasteiger partial charge is 0.481 e. The molecule has 0 spiro atoms. The SMILES string of the molecule is Br.CC(CCCCCCC[P+](c1ccccc1)(c1ccccc1)c1ccccc1)C(=O)O. The molecular formula is C28H35BrO2P+. The van der Waals surface area contributed by atoms with E-state index in [-0.39, 0.29) is 22.9 Å². The molecule has 1 unspecified atom stereocenters. The Kier molecular flexibility index (Phi) is 11.1. The summed E-state index contributed by atoms with van der Waals surface area (Å²) in [7, 11) is -1.72. The van der Waals surface area contributed by atoms with Gasteiger partial charge in [0.05, 0.1) is 12.1 Å². The van der Waals surface area contributed by atoms with E-state index in [2.05, 4.69) is 91.0 Å². The van der Waals surface area contributed by atoms with E-state index in [1.807, 2.05) is 0 Å². The Balaban J connectivity index is 0.00000363. The maximum absolute atomic E-state index is 11.0. The summed E-state index contributed by atoms with van der Waals surface area (Å²) in [6.07, 6.45) is 7.61. The van der Waals surface area contributed by atoms with Gasteiger partial charge < -0.3 is 5.11 Å². The molecule has 0 saturated carbocycles. The fourth-order valence-corrected chi connectivity index (χ4v) is 8.75. The van der Waals surface area contributed by atoms with Crippen LogP contribution < -0.4 is 15.9 Å². The maximum atomic E-state index is 11.0. The lowest BCUT2D eigenvalue weighted by atomic mass is 10.0. The van der Waals surface area contributed by atoms with E-state index in [1.54, 1.807) is 6.92 Å². The standard InChI is InChI=1S/C28H33O2P.BrH/c1-24(28(29)30)16-8-3-2-4-15-23-31(25-17-9-5-10-18-25,26-19-11-6-12-20-26)27-21-13-7-14-22-27;/h5-7,9-14,17-22,24H,2-4,8,15-16,23H2,1H3;1H/p+1. The molecule has 4 heteroatoms. The molecule has 0 aliphatic heterocycles. The molecule has 0 aliphatic carbocycles. The molecule has 1 N–H and O–H groups in total. The van der Waals surface area contributed by atoms with Crippen molar-refractivity contribution < 1.29 is 9.90 Å². The van der Waals surface area contributed by atoms with Gasteiger partial charge in [-0.3, -0.25) is 4.79 Å². The van der Waals surface area contributed by atoms with Gasteiger partial charge in [-0.05, 0) is 55.7 Å². The zero-order valence-corrected chi connectivity index (χ0v) is 21.5. The number of unbranched alkanes of at least 4 members (excludes halogenated alkanes) is 4. The van der Waals surface area contributed by atoms with Crippen molar-refractivity contribution >= 4 is 46.1 Å². The van der Waals surface area contributed by atoms with E-state index < -0.39 is 13.2 Å².